The van der Waals surface area contributed by atoms with E-state index in [1.54, 1.807) is 18.2 Å². The summed E-state index contributed by atoms with van der Waals surface area (Å²) in [6.07, 6.45) is 0.144. The quantitative estimate of drug-likeness (QED) is 0.800. The number of esters is 1. The molecular weight excluding hydrogens is 282 g/mol. The summed E-state index contributed by atoms with van der Waals surface area (Å²) in [4.78, 5) is 25.2. The molecule has 1 aliphatic rings. The summed E-state index contributed by atoms with van der Waals surface area (Å²) in [6, 6.07) is 5.10. The minimum atomic E-state index is -0.444. The maximum absolute atomic E-state index is 12.1. The maximum Gasteiger partial charge on any atom is 0.311 e. The molecule has 1 atom stereocenters. The Morgan fingerprint density at radius 3 is 2.90 bits per heavy atom. The lowest BCUT2D eigenvalue weighted by Gasteiger charge is -2.20. The number of hydrogen-bond acceptors (Lipinski definition) is 4. The third-order valence-corrected chi connectivity index (χ3v) is 3.41. The number of hydrogen-bond donors (Lipinski definition) is 0. The second kappa shape index (κ2) is 6.13. The average Bonchev–Trinajstić information content (AvgIpc) is 2.82. The van der Waals surface area contributed by atoms with Crippen LogP contribution in [0, 0.1) is 5.92 Å². The van der Waals surface area contributed by atoms with Gasteiger partial charge in [0.2, 0.25) is 5.91 Å². The summed E-state index contributed by atoms with van der Waals surface area (Å²) < 4.78 is 10.2. The molecule has 0 spiro atoms. The topological polar surface area (TPSA) is 55.8 Å². The molecule has 1 aromatic carbocycles. The van der Waals surface area contributed by atoms with E-state index in [-0.39, 0.29) is 24.8 Å². The fraction of sp³-hybridized carbons (Fsp3) is 0.429. The van der Waals surface area contributed by atoms with Gasteiger partial charge >= 0.3 is 5.97 Å². The number of rotatable bonds is 4. The Morgan fingerprint density at radius 2 is 2.25 bits per heavy atom. The van der Waals surface area contributed by atoms with Gasteiger partial charge in [-0.05, 0) is 25.1 Å². The molecule has 1 heterocycles. The SMILES string of the molecule is CCOc1ccc(Cl)cc1N1CC(C(=O)OC)CC1=O. The normalized spacial score (nSPS) is 18.2. The maximum atomic E-state index is 12.1. The molecule has 1 amide bonds. The van der Waals surface area contributed by atoms with Crippen molar-refractivity contribution in [3.63, 3.8) is 0 Å². The predicted octanol–water partition coefficient (Wildman–Crippen LogP) is 2.26. The van der Waals surface area contributed by atoms with Crippen LogP contribution in [0.3, 0.4) is 0 Å². The van der Waals surface area contributed by atoms with Crippen LogP contribution in [0.4, 0.5) is 5.69 Å². The fourth-order valence-corrected chi connectivity index (χ4v) is 2.41. The Hall–Kier alpha value is -1.75. The van der Waals surface area contributed by atoms with E-state index < -0.39 is 5.92 Å². The van der Waals surface area contributed by atoms with Gasteiger partial charge in [0.1, 0.15) is 5.75 Å². The van der Waals surface area contributed by atoms with Gasteiger partial charge in [0.05, 0.1) is 25.3 Å². The Morgan fingerprint density at radius 1 is 1.50 bits per heavy atom. The number of halogens is 1. The molecule has 1 saturated heterocycles. The van der Waals surface area contributed by atoms with Crippen LogP contribution in [0.2, 0.25) is 5.02 Å². The van der Waals surface area contributed by atoms with E-state index in [1.165, 1.54) is 12.0 Å². The molecule has 2 rings (SSSR count). The zero-order chi connectivity index (χ0) is 14.7. The molecule has 1 aliphatic heterocycles. The standard InChI is InChI=1S/C14H16ClNO4/c1-3-20-12-5-4-10(15)7-11(12)16-8-9(6-13(16)17)14(18)19-2/h4-5,7,9H,3,6,8H2,1-2H3. The van der Waals surface area contributed by atoms with E-state index in [0.717, 1.165) is 0 Å². The van der Waals surface area contributed by atoms with Crippen molar-refractivity contribution in [1.82, 2.24) is 0 Å². The molecular formula is C14H16ClNO4. The average molecular weight is 298 g/mol. The van der Waals surface area contributed by atoms with Gasteiger partial charge in [-0.2, -0.15) is 0 Å². The highest BCUT2D eigenvalue weighted by Crippen LogP contribution is 2.35. The van der Waals surface area contributed by atoms with Gasteiger partial charge in [-0.3, -0.25) is 9.59 Å². The monoisotopic (exact) mass is 297 g/mol. The van der Waals surface area contributed by atoms with Crippen molar-refractivity contribution in [3.05, 3.63) is 23.2 Å². The van der Waals surface area contributed by atoms with Gasteiger partial charge in [0, 0.05) is 18.0 Å². The molecule has 0 saturated carbocycles. The third-order valence-electron chi connectivity index (χ3n) is 3.17. The second-order valence-corrected chi connectivity index (χ2v) is 4.91. The third kappa shape index (κ3) is 2.88. The minimum absolute atomic E-state index is 0.136. The highest BCUT2D eigenvalue weighted by Gasteiger charge is 2.37. The van der Waals surface area contributed by atoms with Crippen LogP contribution in [-0.2, 0) is 14.3 Å². The highest BCUT2D eigenvalue weighted by molar-refractivity contribution is 6.31. The Bertz CT molecular complexity index is 532. The van der Waals surface area contributed by atoms with Gasteiger partial charge in [0.15, 0.2) is 0 Å². The molecule has 0 aliphatic carbocycles. The lowest BCUT2D eigenvalue weighted by atomic mass is 10.1. The van der Waals surface area contributed by atoms with Crippen molar-refractivity contribution in [2.24, 2.45) is 5.92 Å². The smallest absolute Gasteiger partial charge is 0.311 e. The molecule has 0 bridgehead atoms. The van der Waals surface area contributed by atoms with E-state index in [2.05, 4.69) is 0 Å². The summed E-state index contributed by atoms with van der Waals surface area (Å²) in [7, 11) is 1.32. The summed E-state index contributed by atoms with van der Waals surface area (Å²) in [5.74, 6) is -0.374. The van der Waals surface area contributed by atoms with Crippen LogP contribution in [0.25, 0.3) is 0 Å². The first kappa shape index (κ1) is 14.7. The van der Waals surface area contributed by atoms with Crippen molar-refractivity contribution in [2.45, 2.75) is 13.3 Å². The minimum Gasteiger partial charge on any atom is -0.492 e. The van der Waals surface area contributed by atoms with Crippen LogP contribution in [0.5, 0.6) is 5.75 Å². The van der Waals surface area contributed by atoms with Gasteiger partial charge < -0.3 is 14.4 Å². The lowest BCUT2D eigenvalue weighted by Crippen LogP contribution is -2.26. The zero-order valence-corrected chi connectivity index (χ0v) is 12.1. The zero-order valence-electron chi connectivity index (χ0n) is 11.4. The molecule has 108 valence electrons. The largest absolute Gasteiger partial charge is 0.492 e. The first-order chi connectivity index (χ1) is 9.56. The number of carbonyl (C=O) groups excluding carboxylic acids is 2. The number of carbonyl (C=O) groups is 2. The van der Waals surface area contributed by atoms with Crippen LogP contribution in [-0.4, -0.2) is 32.1 Å². The first-order valence-electron chi connectivity index (χ1n) is 6.37. The summed E-state index contributed by atoms with van der Waals surface area (Å²) in [5, 5.41) is 0.512. The van der Waals surface area contributed by atoms with Crippen molar-refractivity contribution < 1.29 is 19.1 Å². The molecule has 1 fully saturated rings. The van der Waals surface area contributed by atoms with Gasteiger partial charge in [0.25, 0.3) is 0 Å². The van der Waals surface area contributed by atoms with Crippen LogP contribution >= 0.6 is 11.6 Å². The highest BCUT2D eigenvalue weighted by atomic mass is 35.5. The van der Waals surface area contributed by atoms with Crippen molar-refractivity contribution >= 4 is 29.2 Å². The molecule has 0 radical (unpaired) electrons. The number of anilines is 1. The van der Waals surface area contributed by atoms with Gasteiger partial charge in [-0.15, -0.1) is 0 Å². The molecule has 1 aromatic rings. The number of benzene rings is 1. The Labute approximate surface area is 122 Å². The molecule has 1 unspecified atom stereocenters. The molecule has 5 nitrogen and oxygen atoms in total. The van der Waals surface area contributed by atoms with E-state index in [0.29, 0.717) is 23.1 Å². The summed E-state index contributed by atoms with van der Waals surface area (Å²) >= 11 is 5.98. The predicted molar refractivity (Wildman–Crippen MR) is 75.1 cm³/mol. The molecule has 20 heavy (non-hydrogen) atoms. The second-order valence-electron chi connectivity index (χ2n) is 4.47. The number of ether oxygens (including phenoxy) is 2. The number of methoxy groups -OCH3 is 1. The van der Waals surface area contributed by atoms with Gasteiger partial charge in [-0.25, -0.2) is 0 Å². The fourth-order valence-electron chi connectivity index (χ4n) is 2.24. The van der Waals surface area contributed by atoms with E-state index in [1.807, 2.05) is 6.92 Å². The van der Waals surface area contributed by atoms with E-state index in [9.17, 15) is 9.59 Å². The van der Waals surface area contributed by atoms with E-state index >= 15 is 0 Å². The number of amides is 1. The lowest BCUT2D eigenvalue weighted by molar-refractivity contribution is -0.145. The van der Waals surface area contributed by atoms with Crippen molar-refractivity contribution in [1.29, 1.82) is 0 Å². The summed E-state index contributed by atoms with van der Waals surface area (Å²) in [5.41, 5.74) is 0.593. The van der Waals surface area contributed by atoms with Crippen molar-refractivity contribution in [3.8, 4) is 5.75 Å². The van der Waals surface area contributed by atoms with Crippen LogP contribution < -0.4 is 9.64 Å². The molecule has 0 N–H and O–H groups in total. The Kier molecular flexibility index (Phi) is 4.49. The molecule has 0 aromatic heterocycles. The Balaban J connectivity index is 2.29. The summed E-state index contributed by atoms with van der Waals surface area (Å²) in [6.45, 7) is 2.63. The molecule has 6 heteroatoms. The number of nitrogens with zero attached hydrogens (tertiary/aromatic N) is 1. The first-order valence-corrected chi connectivity index (χ1v) is 6.75. The van der Waals surface area contributed by atoms with Crippen LogP contribution in [0.15, 0.2) is 18.2 Å². The van der Waals surface area contributed by atoms with Crippen molar-refractivity contribution in [2.75, 3.05) is 25.2 Å². The van der Waals surface area contributed by atoms with E-state index in [4.69, 9.17) is 21.1 Å². The van der Waals surface area contributed by atoms with Crippen LogP contribution in [0.1, 0.15) is 13.3 Å². The van der Waals surface area contributed by atoms with Gasteiger partial charge in [-0.1, -0.05) is 11.6 Å².